The van der Waals surface area contributed by atoms with Gasteiger partial charge in [-0.3, -0.25) is 14.1 Å². The molecular formula is C31H58O11S. The lowest BCUT2D eigenvalue weighted by Crippen LogP contribution is -2.62. The molecule has 5 atom stereocenters. The summed E-state index contributed by atoms with van der Waals surface area (Å²) < 4.78 is 65.6. The molecule has 0 aliphatic carbocycles. The Hall–Kier alpha value is -1.31. The van der Waals surface area contributed by atoms with Crippen molar-refractivity contribution in [1.29, 1.82) is 0 Å². The van der Waals surface area contributed by atoms with E-state index < -0.39 is 53.0 Å². The zero-order valence-electron chi connectivity index (χ0n) is 27.0. The van der Waals surface area contributed by atoms with E-state index in [-0.39, 0.29) is 19.4 Å². The predicted octanol–water partition coefficient (Wildman–Crippen LogP) is 6.47. The summed E-state index contributed by atoms with van der Waals surface area (Å²) in [5.74, 6) is -1.16. The van der Waals surface area contributed by atoms with Crippen molar-refractivity contribution in [2.24, 2.45) is 0 Å². The van der Waals surface area contributed by atoms with Crippen LogP contribution in [0.3, 0.4) is 0 Å². The van der Waals surface area contributed by atoms with E-state index in [4.69, 9.17) is 27.9 Å². The van der Waals surface area contributed by atoms with Crippen molar-refractivity contribution in [3.63, 3.8) is 0 Å². The first-order valence-corrected chi connectivity index (χ1v) is 17.7. The molecule has 0 aromatic carbocycles. The van der Waals surface area contributed by atoms with Crippen LogP contribution in [-0.2, 0) is 47.9 Å². The quantitative estimate of drug-likeness (QED) is 0.0632. The summed E-state index contributed by atoms with van der Waals surface area (Å²) in [5.41, 5.74) is 0. The van der Waals surface area contributed by atoms with Gasteiger partial charge in [-0.25, -0.2) is 4.18 Å². The highest BCUT2D eigenvalue weighted by Gasteiger charge is 2.52. The predicted molar refractivity (Wildman–Crippen MR) is 163 cm³/mol. The number of hydrogen-bond donors (Lipinski definition) is 1. The van der Waals surface area contributed by atoms with Crippen LogP contribution in [0.4, 0.5) is 0 Å². The van der Waals surface area contributed by atoms with Crippen molar-refractivity contribution in [2.45, 2.75) is 167 Å². The van der Waals surface area contributed by atoms with Gasteiger partial charge in [-0.15, -0.1) is 0 Å². The van der Waals surface area contributed by atoms with Crippen LogP contribution in [0.2, 0.25) is 0 Å². The Bertz CT molecular complexity index is 836. The van der Waals surface area contributed by atoms with E-state index in [0.29, 0.717) is 12.8 Å². The highest BCUT2D eigenvalue weighted by molar-refractivity contribution is 7.80. The third kappa shape index (κ3) is 18.3. The van der Waals surface area contributed by atoms with Crippen LogP contribution in [0.25, 0.3) is 0 Å². The van der Waals surface area contributed by atoms with Gasteiger partial charge < -0.3 is 23.7 Å². The van der Waals surface area contributed by atoms with Gasteiger partial charge >= 0.3 is 22.3 Å². The van der Waals surface area contributed by atoms with Gasteiger partial charge in [0, 0.05) is 27.1 Å². The fourth-order valence-electron chi connectivity index (χ4n) is 5.29. The van der Waals surface area contributed by atoms with E-state index in [1.54, 1.807) is 0 Å². The summed E-state index contributed by atoms with van der Waals surface area (Å²) in [6.45, 7) is 4.20. The molecule has 1 aliphatic rings. The lowest BCUT2D eigenvalue weighted by molar-refractivity contribution is -0.297. The molecule has 0 aromatic rings. The number of hydrogen-bond acceptors (Lipinski definition) is 10. The first-order valence-electron chi connectivity index (χ1n) is 16.4. The van der Waals surface area contributed by atoms with Crippen LogP contribution in [0.5, 0.6) is 0 Å². The topological polar surface area (TPSA) is 144 Å². The highest BCUT2D eigenvalue weighted by atomic mass is 32.3. The molecule has 1 unspecified atom stereocenters. The van der Waals surface area contributed by atoms with E-state index >= 15 is 0 Å². The number of carbonyl (C=O) groups is 2. The van der Waals surface area contributed by atoms with Gasteiger partial charge in [0.1, 0.15) is 12.2 Å². The maximum atomic E-state index is 12.9. The van der Waals surface area contributed by atoms with Gasteiger partial charge in [-0.1, -0.05) is 110 Å². The average Bonchev–Trinajstić information content (AvgIpc) is 2.95. The van der Waals surface area contributed by atoms with Gasteiger partial charge in [0.2, 0.25) is 0 Å². The molecule has 12 heteroatoms. The summed E-state index contributed by atoms with van der Waals surface area (Å²) in [6.07, 6.45) is 11.8. The molecule has 0 spiro atoms. The van der Waals surface area contributed by atoms with Crippen LogP contribution < -0.4 is 0 Å². The Balaban J connectivity index is 2.83. The van der Waals surface area contributed by atoms with E-state index in [1.807, 2.05) is 0 Å². The summed E-state index contributed by atoms with van der Waals surface area (Å²) in [7, 11) is -2.29. The van der Waals surface area contributed by atoms with Crippen molar-refractivity contribution >= 4 is 22.3 Å². The number of ether oxygens (including phenoxy) is 5. The Morgan fingerprint density at radius 1 is 0.651 bits per heavy atom. The Kier molecular flexibility index (Phi) is 22.2. The molecule has 1 saturated heterocycles. The van der Waals surface area contributed by atoms with Gasteiger partial charge in [-0.05, 0) is 12.8 Å². The van der Waals surface area contributed by atoms with Crippen molar-refractivity contribution < 1.29 is 50.4 Å². The van der Waals surface area contributed by atoms with Crippen molar-refractivity contribution in [2.75, 3.05) is 20.8 Å². The molecule has 1 aliphatic heterocycles. The van der Waals surface area contributed by atoms with E-state index in [1.165, 1.54) is 72.0 Å². The molecule has 0 aromatic heterocycles. The highest BCUT2D eigenvalue weighted by Crippen LogP contribution is 2.31. The number of unbranched alkanes of at least 4 members (excludes halogenated alkanes) is 15. The lowest BCUT2D eigenvalue weighted by atomic mass is 9.98. The van der Waals surface area contributed by atoms with Crippen molar-refractivity contribution in [3.8, 4) is 0 Å². The molecule has 0 bridgehead atoms. The molecule has 1 heterocycles. The van der Waals surface area contributed by atoms with Crippen LogP contribution >= 0.6 is 0 Å². The van der Waals surface area contributed by atoms with Crippen LogP contribution in [-0.4, -0.2) is 76.4 Å². The van der Waals surface area contributed by atoms with Crippen LogP contribution in [0.1, 0.15) is 136 Å². The van der Waals surface area contributed by atoms with E-state index in [0.717, 1.165) is 38.5 Å². The number of carbonyl (C=O) groups excluding carboxylic acids is 2. The van der Waals surface area contributed by atoms with Crippen LogP contribution in [0.15, 0.2) is 0 Å². The maximum Gasteiger partial charge on any atom is 0.397 e. The molecule has 0 radical (unpaired) electrons. The average molecular weight is 639 g/mol. The smallest absolute Gasteiger partial charge is 0.397 e. The molecule has 1 N–H and O–H groups in total. The fourth-order valence-corrected chi connectivity index (χ4v) is 5.80. The van der Waals surface area contributed by atoms with Gasteiger partial charge in [-0.2, -0.15) is 8.42 Å². The molecule has 1 rings (SSSR count). The Morgan fingerprint density at radius 2 is 1.07 bits per heavy atom. The monoisotopic (exact) mass is 638 g/mol. The van der Waals surface area contributed by atoms with Gasteiger partial charge in [0.15, 0.2) is 18.5 Å². The van der Waals surface area contributed by atoms with E-state index in [2.05, 4.69) is 13.8 Å². The second-order valence-electron chi connectivity index (χ2n) is 11.4. The number of methoxy groups -OCH3 is 2. The Morgan fingerprint density at radius 3 is 1.47 bits per heavy atom. The standard InChI is InChI=1S/C31H58O11S/c1-5-7-9-11-13-15-17-19-21-23-27(33)41-30-29(40-26(32)22-20-18-16-14-12-10-8-6-2)28(42-43(34,35)36)25(24-37-3)39-31(30)38-4/h25,28-31H,5-24H2,1-4H3,(H,34,35,36)/t25-,28-,29+,30-,31?/m1/s1. The first-order chi connectivity index (χ1) is 20.7. The van der Waals surface area contributed by atoms with Crippen LogP contribution in [0, 0.1) is 0 Å². The largest absolute Gasteiger partial charge is 0.455 e. The molecule has 1 fully saturated rings. The molecule has 0 saturated carbocycles. The SMILES string of the molecule is CCCCCCCCCCCC(=O)O[C@H]1C(OC)O[C@H](COC)[C@@H](OS(=O)(=O)O)[C@@H]1OC(=O)CCCCCCCCCC. The summed E-state index contributed by atoms with van der Waals surface area (Å²) in [5, 5.41) is 0. The zero-order valence-corrected chi connectivity index (χ0v) is 27.8. The fraction of sp³-hybridized carbons (Fsp3) is 0.935. The molecular weight excluding hydrogens is 580 g/mol. The minimum atomic E-state index is -4.99. The minimum Gasteiger partial charge on any atom is -0.455 e. The second-order valence-corrected chi connectivity index (χ2v) is 12.5. The maximum absolute atomic E-state index is 12.9. The summed E-state index contributed by atoms with van der Waals surface area (Å²) in [4.78, 5) is 25.7. The third-order valence-electron chi connectivity index (χ3n) is 7.64. The van der Waals surface area contributed by atoms with Crippen molar-refractivity contribution in [3.05, 3.63) is 0 Å². The second kappa shape index (κ2) is 24.0. The zero-order chi connectivity index (χ0) is 31.9. The molecule has 43 heavy (non-hydrogen) atoms. The first kappa shape index (κ1) is 39.7. The Labute approximate surface area is 260 Å². The third-order valence-corrected chi connectivity index (χ3v) is 8.11. The number of rotatable bonds is 26. The molecule has 11 nitrogen and oxygen atoms in total. The van der Waals surface area contributed by atoms with Crippen molar-refractivity contribution in [1.82, 2.24) is 0 Å². The van der Waals surface area contributed by atoms with Gasteiger partial charge in [0.05, 0.1) is 6.61 Å². The van der Waals surface area contributed by atoms with E-state index in [9.17, 15) is 22.6 Å². The molecule has 0 amide bonds. The lowest BCUT2D eigenvalue weighted by Gasteiger charge is -2.43. The van der Waals surface area contributed by atoms with Gasteiger partial charge in [0.25, 0.3) is 0 Å². The number of esters is 2. The molecule has 254 valence electrons. The summed E-state index contributed by atoms with van der Waals surface area (Å²) >= 11 is 0. The summed E-state index contributed by atoms with van der Waals surface area (Å²) in [6, 6.07) is 0. The normalized spacial score (nSPS) is 22.4. The minimum absolute atomic E-state index is 0.0939.